The van der Waals surface area contributed by atoms with Gasteiger partial charge in [0.2, 0.25) is 0 Å². The van der Waals surface area contributed by atoms with Crippen LogP contribution < -0.4 is 9.47 Å². The van der Waals surface area contributed by atoms with Crippen LogP contribution in [-0.2, 0) is 15.9 Å². The number of ether oxygens (including phenoxy) is 4. The van der Waals surface area contributed by atoms with Crippen LogP contribution in [0.5, 0.6) is 11.5 Å². The lowest BCUT2D eigenvalue weighted by atomic mass is 9.81. The lowest BCUT2D eigenvalue weighted by Crippen LogP contribution is -2.18. The van der Waals surface area contributed by atoms with Crippen LogP contribution >= 0.6 is 0 Å². The number of esters is 1. The maximum absolute atomic E-state index is 12.9. The standard InChI is InChI=1S/C23H27NO6/c1-13-21-17(24-22(13)23(26)30-12-16-5-4-8-29-16)9-15(10-18(21)25)14-6-7-19(27-2)20(11-14)28-3/h6-7,11,15-16,24H,4-5,8-10,12H2,1-3H3/t15-,16-/m1/s1. The average Bonchev–Trinajstić information content (AvgIpc) is 3.39. The zero-order chi connectivity index (χ0) is 21.3. The third-order valence-electron chi connectivity index (χ3n) is 6.00. The van der Waals surface area contributed by atoms with E-state index >= 15 is 0 Å². The fourth-order valence-electron chi connectivity index (χ4n) is 4.40. The van der Waals surface area contributed by atoms with E-state index in [4.69, 9.17) is 18.9 Å². The van der Waals surface area contributed by atoms with Gasteiger partial charge in [0.05, 0.1) is 20.3 Å². The number of carbonyl (C=O) groups is 2. The molecule has 1 fully saturated rings. The fourth-order valence-corrected chi connectivity index (χ4v) is 4.40. The third kappa shape index (κ3) is 3.81. The van der Waals surface area contributed by atoms with Gasteiger partial charge in [-0.05, 0) is 55.4 Å². The smallest absolute Gasteiger partial charge is 0.355 e. The molecule has 1 aliphatic carbocycles. The largest absolute Gasteiger partial charge is 0.493 e. The summed E-state index contributed by atoms with van der Waals surface area (Å²) in [4.78, 5) is 28.7. The number of Topliss-reactive ketones (excluding diaryl/α,β-unsaturated/α-hetero) is 1. The molecular formula is C23H27NO6. The number of methoxy groups -OCH3 is 2. The highest BCUT2D eigenvalue weighted by atomic mass is 16.6. The molecule has 160 valence electrons. The van der Waals surface area contributed by atoms with Gasteiger partial charge in [-0.2, -0.15) is 0 Å². The third-order valence-corrected chi connectivity index (χ3v) is 6.00. The Kier molecular flexibility index (Phi) is 5.81. The molecule has 0 unspecified atom stereocenters. The van der Waals surface area contributed by atoms with E-state index in [0.717, 1.165) is 24.1 Å². The van der Waals surface area contributed by atoms with Crippen LogP contribution in [0.4, 0.5) is 0 Å². The Morgan fingerprint density at radius 2 is 2.00 bits per heavy atom. The molecule has 2 atom stereocenters. The molecule has 30 heavy (non-hydrogen) atoms. The van der Waals surface area contributed by atoms with E-state index in [1.807, 2.05) is 18.2 Å². The minimum absolute atomic E-state index is 0.00128. The predicted molar refractivity (Wildman–Crippen MR) is 110 cm³/mol. The number of carbonyl (C=O) groups excluding carboxylic acids is 2. The summed E-state index contributed by atoms with van der Waals surface area (Å²) in [5, 5.41) is 0. The summed E-state index contributed by atoms with van der Waals surface area (Å²) in [6.45, 7) is 2.75. The number of nitrogens with one attached hydrogen (secondary N) is 1. The van der Waals surface area contributed by atoms with E-state index in [2.05, 4.69) is 4.98 Å². The summed E-state index contributed by atoms with van der Waals surface area (Å²) in [7, 11) is 3.18. The second kappa shape index (κ2) is 8.52. The van der Waals surface area contributed by atoms with Gasteiger partial charge >= 0.3 is 5.97 Å². The minimum Gasteiger partial charge on any atom is -0.493 e. The monoisotopic (exact) mass is 413 g/mol. The molecule has 0 saturated carbocycles. The van der Waals surface area contributed by atoms with Crippen LogP contribution in [0, 0.1) is 6.92 Å². The van der Waals surface area contributed by atoms with Crippen molar-refractivity contribution in [3.63, 3.8) is 0 Å². The topological polar surface area (TPSA) is 86.9 Å². The summed E-state index contributed by atoms with van der Waals surface area (Å²) in [5.74, 6) is 0.875. The zero-order valence-corrected chi connectivity index (χ0v) is 17.6. The maximum atomic E-state index is 12.9. The van der Waals surface area contributed by atoms with E-state index in [0.29, 0.717) is 47.8 Å². The summed E-state index contributed by atoms with van der Waals surface area (Å²) in [5.41, 5.74) is 3.43. The molecule has 1 aliphatic heterocycles. The Labute approximate surface area is 175 Å². The Morgan fingerprint density at radius 3 is 2.70 bits per heavy atom. The van der Waals surface area contributed by atoms with Crippen molar-refractivity contribution in [2.75, 3.05) is 27.4 Å². The van der Waals surface area contributed by atoms with Crippen molar-refractivity contribution in [3.8, 4) is 11.5 Å². The second-order valence-electron chi connectivity index (χ2n) is 7.85. The van der Waals surface area contributed by atoms with Crippen LogP contribution in [0.15, 0.2) is 18.2 Å². The quantitative estimate of drug-likeness (QED) is 0.729. The van der Waals surface area contributed by atoms with E-state index < -0.39 is 5.97 Å². The second-order valence-corrected chi connectivity index (χ2v) is 7.85. The Balaban J connectivity index is 1.54. The van der Waals surface area contributed by atoms with Gasteiger partial charge in [0.15, 0.2) is 17.3 Å². The minimum atomic E-state index is -0.437. The van der Waals surface area contributed by atoms with Crippen molar-refractivity contribution in [2.45, 2.75) is 44.6 Å². The van der Waals surface area contributed by atoms with Gasteiger partial charge in [-0.25, -0.2) is 4.79 Å². The molecule has 7 nitrogen and oxygen atoms in total. The first-order chi connectivity index (χ1) is 14.5. The molecule has 1 aromatic carbocycles. The van der Waals surface area contributed by atoms with E-state index in [1.165, 1.54) is 0 Å². The van der Waals surface area contributed by atoms with E-state index in [-0.39, 0.29) is 24.4 Å². The summed E-state index contributed by atoms with van der Waals surface area (Å²) < 4.78 is 21.6. The lowest BCUT2D eigenvalue weighted by molar-refractivity contribution is 0.0156. The van der Waals surface area contributed by atoms with Crippen LogP contribution in [-0.4, -0.2) is 50.3 Å². The van der Waals surface area contributed by atoms with Crippen molar-refractivity contribution >= 4 is 11.8 Å². The van der Waals surface area contributed by atoms with Gasteiger partial charge < -0.3 is 23.9 Å². The molecule has 0 spiro atoms. The first-order valence-corrected chi connectivity index (χ1v) is 10.3. The van der Waals surface area contributed by atoms with Gasteiger partial charge in [-0.15, -0.1) is 0 Å². The number of hydrogen-bond donors (Lipinski definition) is 1. The van der Waals surface area contributed by atoms with E-state index in [1.54, 1.807) is 21.1 Å². The average molecular weight is 413 g/mol. The van der Waals surface area contributed by atoms with Crippen LogP contribution in [0.3, 0.4) is 0 Å². The van der Waals surface area contributed by atoms with Gasteiger partial charge in [0.25, 0.3) is 0 Å². The van der Waals surface area contributed by atoms with Crippen molar-refractivity contribution in [1.29, 1.82) is 0 Å². The molecule has 0 radical (unpaired) electrons. The van der Waals surface area contributed by atoms with E-state index in [9.17, 15) is 9.59 Å². The van der Waals surface area contributed by atoms with Crippen molar-refractivity contribution < 1.29 is 28.5 Å². The summed E-state index contributed by atoms with van der Waals surface area (Å²) >= 11 is 0. The molecule has 7 heteroatoms. The number of hydrogen-bond acceptors (Lipinski definition) is 6. The first kappa shape index (κ1) is 20.5. The maximum Gasteiger partial charge on any atom is 0.355 e. The van der Waals surface area contributed by atoms with Crippen molar-refractivity contribution in [1.82, 2.24) is 4.98 Å². The predicted octanol–water partition coefficient (Wildman–Crippen LogP) is 3.59. The molecule has 1 saturated heterocycles. The van der Waals surface area contributed by atoms with Gasteiger partial charge in [-0.1, -0.05) is 6.07 Å². The van der Waals surface area contributed by atoms with Crippen LogP contribution in [0.1, 0.15) is 62.8 Å². The molecular weight excluding hydrogens is 386 g/mol. The number of fused-ring (bicyclic) bond motifs is 1. The fraction of sp³-hybridized carbons (Fsp3) is 0.478. The zero-order valence-electron chi connectivity index (χ0n) is 17.6. The van der Waals surface area contributed by atoms with Gasteiger partial charge in [0.1, 0.15) is 12.3 Å². The van der Waals surface area contributed by atoms with Gasteiger partial charge in [-0.3, -0.25) is 4.79 Å². The Bertz CT molecular complexity index is 957. The van der Waals surface area contributed by atoms with Gasteiger partial charge in [0, 0.05) is 24.3 Å². The summed E-state index contributed by atoms with van der Waals surface area (Å²) in [6, 6.07) is 5.72. The number of H-pyrrole nitrogens is 1. The lowest BCUT2D eigenvalue weighted by Gasteiger charge is -2.23. The number of rotatable bonds is 6. The highest BCUT2D eigenvalue weighted by Gasteiger charge is 2.33. The van der Waals surface area contributed by atoms with Crippen LogP contribution in [0.25, 0.3) is 0 Å². The van der Waals surface area contributed by atoms with Crippen molar-refractivity contribution in [2.24, 2.45) is 0 Å². The first-order valence-electron chi connectivity index (χ1n) is 10.3. The molecule has 0 amide bonds. The SMILES string of the molecule is COc1ccc([C@H]2CC(=O)c3c([nH]c(C(=O)OC[C@H]4CCCO4)c3C)C2)cc1OC. The molecule has 2 heterocycles. The molecule has 4 rings (SSSR count). The summed E-state index contributed by atoms with van der Waals surface area (Å²) in [6.07, 6.45) is 2.88. The number of aromatic amines is 1. The Morgan fingerprint density at radius 1 is 1.20 bits per heavy atom. The number of ketones is 1. The molecule has 2 aromatic rings. The normalized spacial score (nSPS) is 20.7. The highest BCUT2D eigenvalue weighted by Crippen LogP contribution is 2.38. The van der Waals surface area contributed by atoms with Crippen molar-refractivity contribution in [3.05, 3.63) is 46.3 Å². The molecule has 2 aliphatic rings. The number of aromatic nitrogens is 1. The number of benzene rings is 1. The molecule has 0 bridgehead atoms. The molecule has 1 aromatic heterocycles. The van der Waals surface area contributed by atoms with Crippen LogP contribution in [0.2, 0.25) is 0 Å². The Hall–Kier alpha value is -2.80. The molecule has 1 N–H and O–H groups in total. The highest BCUT2D eigenvalue weighted by molar-refractivity contribution is 6.03.